The van der Waals surface area contributed by atoms with E-state index in [4.69, 9.17) is 0 Å². The highest BCUT2D eigenvalue weighted by atomic mass is 79.9. The van der Waals surface area contributed by atoms with Gasteiger partial charge < -0.3 is 9.80 Å². The van der Waals surface area contributed by atoms with E-state index >= 15 is 0 Å². The van der Waals surface area contributed by atoms with E-state index in [9.17, 15) is 4.79 Å². The predicted octanol–water partition coefficient (Wildman–Crippen LogP) is 3.09. The predicted molar refractivity (Wildman–Crippen MR) is 88.2 cm³/mol. The molecule has 1 aliphatic rings. The normalized spacial score (nSPS) is 18.1. The third-order valence-electron chi connectivity index (χ3n) is 3.62. The molecule has 0 radical (unpaired) electrons. The van der Waals surface area contributed by atoms with Crippen LogP contribution in [0, 0.1) is 0 Å². The summed E-state index contributed by atoms with van der Waals surface area (Å²) in [5.74, 6) is 0.251. The van der Waals surface area contributed by atoms with Crippen LogP contribution < -0.4 is 0 Å². The number of piperazine rings is 1. The van der Waals surface area contributed by atoms with Crippen molar-refractivity contribution in [1.82, 2.24) is 9.80 Å². The Morgan fingerprint density at radius 3 is 2.55 bits per heavy atom. The molecule has 0 aliphatic carbocycles. The third kappa shape index (κ3) is 3.99. The first-order valence-corrected chi connectivity index (χ1v) is 8.71. The highest BCUT2D eigenvalue weighted by molar-refractivity contribution is 9.10. The summed E-state index contributed by atoms with van der Waals surface area (Å²) < 4.78 is 1.06. The first kappa shape index (κ1) is 15.9. The first-order chi connectivity index (χ1) is 9.61. The maximum atomic E-state index is 12.5. The van der Waals surface area contributed by atoms with Gasteiger partial charge in [-0.1, -0.05) is 19.1 Å². The lowest BCUT2D eigenvalue weighted by Gasteiger charge is -2.35. The van der Waals surface area contributed by atoms with Crippen LogP contribution in [-0.4, -0.2) is 53.7 Å². The summed E-state index contributed by atoms with van der Waals surface area (Å²) >= 11 is 5.16. The molecule has 0 aromatic heterocycles. The second-order valence-electron chi connectivity index (χ2n) is 4.95. The number of thioether (sulfide) groups is 1. The van der Waals surface area contributed by atoms with Crippen molar-refractivity contribution in [3.63, 3.8) is 0 Å². The van der Waals surface area contributed by atoms with Crippen LogP contribution in [0.15, 0.2) is 33.6 Å². The monoisotopic (exact) mass is 356 g/mol. The summed E-state index contributed by atoms with van der Waals surface area (Å²) in [5, 5.41) is -0.0399. The molecule has 1 aromatic carbocycles. The van der Waals surface area contributed by atoms with Crippen molar-refractivity contribution in [3.05, 3.63) is 28.7 Å². The molecule has 1 aromatic rings. The van der Waals surface area contributed by atoms with Crippen LogP contribution in [0.3, 0.4) is 0 Å². The van der Waals surface area contributed by atoms with Gasteiger partial charge in [-0.2, -0.15) is 0 Å². The van der Waals surface area contributed by atoms with Gasteiger partial charge in [0.15, 0.2) is 0 Å². The lowest BCUT2D eigenvalue weighted by Crippen LogP contribution is -2.50. The van der Waals surface area contributed by atoms with Crippen molar-refractivity contribution >= 4 is 33.6 Å². The van der Waals surface area contributed by atoms with Gasteiger partial charge in [0.05, 0.1) is 5.25 Å². The molecular formula is C15H21BrN2OS. The van der Waals surface area contributed by atoms with E-state index in [1.807, 2.05) is 36.1 Å². The number of carbonyl (C=O) groups is 1. The van der Waals surface area contributed by atoms with E-state index in [1.165, 1.54) is 0 Å². The second kappa shape index (κ2) is 7.48. The molecule has 0 N–H and O–H groups in total. The Bertz CT molecular complexity index is 461. The number of benzene rings is 1. The molecule has 0 spiro atoms. The van der Waals surface area contributed by atoms with E-state index in [-0.39, 0.29) is 11.2 Å². The zero-order valence-electron chi connectivity index (χ0n) is 12.0. The Morgan fingerprint density at radius 1 is 1.30 bits per heavy atom. The molecule has 110 valence electrons. The van der Waals surface area contributed by atoms with Crippen LogP contribution in [0.25, 0.3) is 0 Å². The smallest absolute Gasteiger partial charge is 0.235 e. The summed E-state index contributed by atoms with van der Waals surface area (Å²) in [7, 11) is 0. The van der Waals surface area contributed by atoms with Crippen molar-refractivity contribution in [3.8, 4) is 0 Å². The molecule has 0 saturated carbocycles. The Labute approximate surface area is 133 Å². The van der Waals surface area contributed by atoms with E-state index in [0.29, 0.717) is 0 Å². The number of likely N-dealkylation sites (N-methyl/N-ethyl adjacent to an activating group) is 1. The summed E-state index contributed by atoms with van der Waals surface area (Å²) in [4.78, 5) is 18.0. The zero-order valence-corrected chi connectivity index (χ0v) is 14.4. The fourth-order valence-corrected chi connectivity index (χ4v) is 3.86. The van der Waals surface area contributed by atoms with Crippen molar-refractivity contribution < 1.29 is 4.79 Å². The van der Waals surface area contributed by atoms with Crippen molar-refractivity contribution in [1.29, 1.82) is 0 Å². The topological polar surface area (TPSA) is 23.6 Å². The van der Waals surface area contributed by atoms with E-state index in [1.54, 1.807) is 11.8 Å². The highest BCUT2D eigenvalue weighted by Crippen LogP contribution is 2.31. The summed E-state index contributed by atoms with van der Waals surface area (Å²) in [6.45, 7) is 8.94. The molecular weight excluding hydrogens is 336 g/mol. The van der Waals surface area contributed by atoms with Crippen molar-refractivity contribution in [2.75, 3.05) is 32.7 Å². The van der Waals surface area contributed by atoms with Gasteiger partial charge in [-0.05, 0) is 41.5 Å². The number of rotatable bonds is 4. The van der Waals surface area contributed by atoms with E-state index in [2.05, 4.69) is 27.8 Å². The first-order valence-electron chi connectivity index (χ1n) is 7.04. The minimum absolute atomic E-state index is 0.0399. The van der Waals surface area contributed by atoms with Gasteiger partial charge in [-0.25, -0.2) is 0 Å². The molecule has 1 aliphatic heterocycles. The van der Waals surface area contributed by atoms with Crippen LogP contribution in [0.2, 0.25) is 0 Å². The summed E-state index contributed by atoms with van der Waals surface area (Å²) in [5.41, 5.74) is 0. The van der Waals surface area contributed by atoms with Crippen molar-refractivity contribution in [2.45, 2.75) is 24.0 Å². The maximum Gasteiger partial charge on any atom is 0.235 e. The molecule has 1 amide bonds. The minimum atomic E-state index is -0.0399. The molecule has 1 fully saturated rings. The molecule has 1 atom stereocenters. The van der Waals surface area contributed by atoms with Gasteiger partial charge in [0.2, 0.25) is 5.91 Å². The van der Waals surface area contributed by atoms with Gasteiger partial charge in [0.25, 0.3) is 0 Å². The van der Waals surface area contributed by atoms with E-state index in [0.717, 1.165) is 42.1 Å². The highest BCUT2D eigenvalue weighted by Gasteiger charge is 2.25. The number of nitrogens with zero attached hydrogens (tertiary/aromatic N) is 2. The van der Waals surface area contributed by atoms with Crippen LogP contribution >= 0.6 is 27.7 Å². The molecule has 1 saturated heterocycles. The summed E-state index contributed by atoms with van der Waals surface area (Å²) in [6.07, 6.45) is 0. The van der Waals surface area contributed by atoms with Gasteiger partial charge in [0.1, 0.15) is 0 Å². The Balaban J connectivity index is 1.91. The largest absolute Gasteiger partial charge is 0.339 e. The maximum absolute atomic E-state index is 12.5. The molecule has 0 bridgehead atoms. The van der Waals surface area contributed by atoms with Gasteiger partial charge >= 0.3 is 0 Å². The number of hydrogen-bond acceptors (Lipinski definition) is 3. The van der Waals surface area contributed by atoms with Gasteiger partial charge in [0, 0.05) is 35.5 Å². The molecule has 1 unspecified atom stereocenters. The third-order valence-corrected chi connectivity index (χ3v) is 5.74. The standard InChI is InChI=1S/C15H21BrN2OS/c1-3-17-8-10-18(11-9-17)15(19)12(2)20-14-7-5-4-6-13(14)16/h4-7,12H,3,8-11H2,1-2H3. The Hall–Kier alpha value is -0.520. The van der Waals surface area contributed by atoms with Crippen LogP contribution in [0.4, 0.5) is 0 Å². The second-order valence-corrected chi connectivity index (χ2v) is 7.19. The lowest BCUT2D eigenvalue weighted by molar-refractivity contribution is -0.132. The number of amides is 1. The average Bonchev–Trinajstić information content (AvgIpc) is 2.49. The molecule has 20 heavy (non-hydrogen) atoms. The minimum Gasteiger partial charge on any atom is -0.339 e. The van der Waals surface area contributed by atoms with E-state index < -0.39 is 0 Å². The number of carbonyl (C=O) groups excluding carboxylic acids is 1. The number of halogens is 1. The van der Waals surface area contributed by atoms with Crippen molar-refractivity contribution in [2.24, 2.45) is 0 Å². The van der Waals surface area contributed by atoms with Gasteiger partial charge in [-0.3, -0.25) is 4.79 Å². The lowest BCUT2D eigenvalue weighted by atomic mass is 10.3. The SMILES string of the molecule is CCN1CCN(C(=O)C(C)Sc2ccccc2Br)CC1. The van der Waals surface area contributed by atoms with Crippen LogP contribution in [0.1, 0.15) is 13.8 Å². The fraction of sp³-hybridized carbons (Fsp3) is 0.533. The van der Waals surface area contributed by atoms with Crippen LogP contribution in [-0.2, 0) is 4.79 Å². The van der Waals surface area contributed by atoms with Crippen LogP contribution in [0.5, 0.6) is 0 Å². The fourth-order valence-electron chi connectivity index (χ4n) is 2.32. The molecule has 3 nitrogen and oxygen atoms in total. The Kier molecular flexibility index (Phi) is 5.93. The molecule has 5 heteroatoms. The zero-order chi connectivity index (χ0) is 14.5. The Morgan fingerprint density at radius 2 is 1.95 bits per heavy atom. The number of hydrogen-bond donors (Lipinski definition) is 0. The molecule has 1 heterocycles. The quantitative estimate of drug-likeness (QED) is 0.774. The summed E-state index contributed by atoms with van der Waals surface area (Å²) in [6, 6.07) is 8.06. The molecule has 2 rings (SSSR count). The van der Waals surface area contributed by atoms with Gasteiger partial charge in [-0.15, -0.1) is 11.8 Å². The average molecular weight is 357 g/mol.